The van der Waals surface area contributed by atoms with Crippen molar-refractivity contribution in [3.05, 3.63) is 28.8 Å². The van der Waals surface area contributed by atoms with Gasteiger partial charge in [-0.15, -0.1) is 0 Å². The number of nitrogens with zero attached hydrogens (tertiary/aromatic N) is 1. The Kier molecular flexibility index (Phi) is 4.23. The second-order valence-electron chi connectivity index (χ2n) is 6.72. The van der Waals surface area contributed by atoms with Gasteiger partial charge in [0.25, 0.3) is 0 Å². The molecule has 2 fully saturated rings. The molecule has 0 aliphatic heterocycles. The van der Waals surface area contributed by atoms with Crippen LogP contribution >= 0.6 is 11.6 Å². The first kappa shape index (κ1) is 14.2. The highest BCUT2D eigenvalue weighted by Gasteiger charge is 2.31. The van der Waals surface area contributed by atoms with Gasteiger partial charge in [0, 0.05) is 19.1 Å². The second-order valence-corrected chi connectivity index (χ2v) is 7.13. The lowest BCUT2D eigenvalue weighted by molar-refractivity contribution is 0.670. The molecule has 0 heterocycles. The maximum Gasteiger partial charge on any atom is 0.0642 e. The quantitative estimate of drug-likeness (QED) is 0.827. The SMILES string of the molecule is CC(N)Cc1cccc(Cl)c1N(CC1CC1)CC1CC1. The number of hydrogen-bond acceptors (Lipinski definition) is 2. The smallest absolute Gasteiger partial charge is 0.0642 e. The van der Waals surface area contributed by atoms with Crippen molar-refractivity contribution >= 4 is 17.3 Å². The summed E-state index contributed by atoms with van der Waals surface area (Å²) in [6, 6.07) is 6.44. The molecule has 0 saturated heterocycles. The van der Waals surface area contributed by atoms with E-state index in [0.717, 1.165) is 23.3 Å². The zero-order valence-electron chi connectivity index (χ0n) is 12.3. The predicted molar refractivity (Wildman–Crippen MR) is 86.5 cm³/mol. The Bertz CT molecular complexity index is 450. The van der Waals surface area contributed by atoms with Gasteiger partial charge in [0.15, 0.2) is 0 Å². The van der Waals surface area contributed by atoms with E-state index in [4.69, 9.17) is 17.3 Å². The summed E-state index contributed by atoms with van der Waals surface area (Å²) in [6.07, 6.45) is 6.44. The van der Waals surface area contributed by atoms with E-state index < -0.39 is 0 Å². The van der Waals surface area contributed by atoms with E-state index in [1.165, 1.54) is 50.0 Å². The third kappa shape index (κ3) is 3.67. The van der Waals surface area contributed by atoms with Crippen molar-refractivity contribution in [3.63, 3.8) is 0 Å². The van der Waals surface area contributed by atoms with Crippen LogP contribution < -0.4 is 10.6 Å². The molecule has 2 saturated carbocycles. The molecule has 20 heavy (non-hydrogen) atoms. The number of benzene rings is 1. The molecule has 3 rings (SSSR count). The van der Waals surface area contributed by atoms with Gasteiger partial charge in [0.1, 0.15) is 0 Å². The number of para-hydroxylation sites is 1. The standard InChI is InChI=1S/C17H25ClN2/c1-12(19)9-15-3-2-4-16(18)17(15)20(10-13-5-6-13)11-14-7-8-14/h2-4,12-14H,5-11,19H2,1H3. The molecule has 1 aromatic carbocycles. The lowest BCUT2D eigenvalue weighted by atomic mass is 10.0. The molecular weight excluding hydrogens is 268 g/mol. The van der Waals surface area contributed by atoms with Gasteiger partial charge >= 0.3 is 0 Å². The van der Waals surface area contributed by atoms with E-state index in [1.807, 2.05) is 6.07 Å². The van der Waals surface area contributed by atoms with Gasteiger partial charge in [-0.3, -0.25) is 0 Å². The normalized spacial score (nSPS) is 19.9. The summed E-state index contributed by atoms with van der Waals surface area (Å²) in [5.74, 6) is 1.77. The van der Waals surface area contributed by atoms with Crippen LogP contribution in [0, 0.1) is 11.8 Å². The molecule has 1 unspecified atom stereocenters. The van der Waals surface area contributed by atoms with E-state index in [1.54, 1.807) is 0 Å². The summed E-state index contributed by atoms with van der Waals surface area (Å²) in [7, 11) is 0. The maximum absolute atomic E-state index is 6.53. The number of nitrogens with two attached hydrogens (primary N) is 1. The van der Waals surface area contributed by atoms with Gasteiger partial charge in [0.05, 0.1) is 10.7 Å². The maximum atomic E-state index is 6.53. The summed E-state index contributed by atoms with van der Waals surface area (Å²) in [4.78, 5) is 2.55. The molecule has 2 N–H and O–H groups in total. The minimum absolute atomic E-state index is 0.177. The third-order valence-electron chi connectivity index (χ3n) is 4.28. The van der Waals surface area contributed by atoms with Gasteiger partial charge < -0.3 is 10.6 Å². The van der Waals surface area contributed by atoms with Crippen LogP contribution in [-0.2, 0) is 6.42 Å². The predicted octanol–water partition coefficient (Wildman–Crippen LogP) is 3.86. The second kappa shape index (κ2) is 5.95. The number of rotatable bonds is 7. The van der Waals surface area contributed by atoms with Crippen molar-refractivity contribution in [2.75, 3.05) is 18.0 Å². The van der Waals surface area contributed by atoms with Gasteiger partial charge in [-0.2, -0.15) is 0 Å². The zero-order valence-corrected chi connectivity index (χ0v) is 13.1. The Balaban J connectivity index is 1.85. The van der Waals surface area contributed by atoms with Gasteiger partial charge in [-0.1, -0.05) is 23.7 Å². The van der Waals surface area contributed by atoms with Crippen LogP contribution in [-0.4, -0.2) is 19.1 Å². The minimum atomic E-state index is 0.177. The van der Waals surface area contributed by atoms with Gasteiger partial charge in [-0.25, -0.2) is 0 Å². The first-order valence-corrected chi connectivity index (χ1v) is 8.29. The van der Waals surface area contributed by atoms with Crippen LogP contribution in [0.3, 0.4) is 0 Å². The molecule has 0 aromatic heterocycles. The van der Waals surface area contributed by atoms with E-state index in [0.29, 0.717) is 0 Å². The van der Waals surface area contributed by atoms with Crippen molar-refractivity contribution in [1.29, 1.82) is 0 Å². The van der Waals surface area contributed by atoms with Crippen molar-refractivity contribution < 1.29 is 0 Å². The fourth-order valence-corrected chi connectivity index (χ4v) is 3.22. The Morgan fingerprint density at radius 3 is 2.30 bits per heavy atom. The van der Waals surface area contributed by atoms with Gasteiger partial charge in [-0.05, 0) is 62.5 Å². The number of halogens is 1. The molecule has 0 spiro atoms. The summed E-state index contributed by atoms with van der Waals surface area (Å²) >= 11 is 6.53. The van der Waals surface area contributed by atoms with Crippen molar-refractivity contribution in [1.82, 2.24) is 0 Å². The fraction of sp³-hybridized carbons (Fsp3) is 0.647. The molecule has 2 aliphatic rings. The van der Waals surface area contributed by atoms with Crippen LogP contribution in [0.2, 0.25) is 5.02 Å². The lowest BCUT2D eigenvalue weighted by Gasteiger charge is -2.29. The molecular formula is C17H25ClN2. The number of hydrogen-bond donors (Lipinski definition) is 1. The molecule has 0 bridgehead atoms. The summed E-state index contributed by atoms with van der Waals surface area (Å²) < 4.78 is 0. The fourth-order valence-electron chi connectivity index (χ4n) is 2.91. The first-order valence-electron chi connectivity index (χ1n) is 7.91. The first-order chi connectivity index (χ1) is 9.63. The van der Waals surface area contributed by atoms with E-state index in [-0.39, 0.29) is 6.04 Å². The average molecular weight is 293 g/mol. The monoisotopic (exact) mass is 292 g/mol. The van der Waals surface area contributed by atoms with Crippen molar-refractivity contribution in [2.45, 2.75) is 45.1 Å². The minimum Gasteiger partial charge on any atom is -0.370 e. The van der Waals surface area contributed by atoms with Crippen LogP contribution in [0.5, 0.6) is 0 Å². The molecule has 3 heteroatoms. The molecule has 2 aliphatic carbocycles. The Morgan fingerprint density at radius 1 is 1.20 bits per heavy atom. The van der Waals surface area contributed by atoms with Crippen LogP contribution in [0.1, 0.15) is 38.2 Å². The largest absolute Gasteiger partial charge is 0.370 e. The zero-order chi connectivity index (χ0) is 14.1. The topological polar surface area (TPSA) is 29.3 Å². The van der Waals surface area contributed by atoms with Crippen molar-refractivity contribution in [3.8, 4) is 0 Å². The Labute approximate surface area is 127 Å². The van der Waals surface area contributed by atoms with Gasteiger partial charge in [0.2, 0.25) is 0 Å². The number of anilines is 1. The summed E-state index contributed by atoms with van der Waals surface area (Å²) in [6.45, 7) is 4.41. The molecule has 2 nitrogen and oxygen atoms in total. The highest BCUT2D eigenvalue weighted by Crippen LogP contribution is 2.39. The molecule has 1 atom stereocenters. The summed E-state index contributed by atoms with van der Waals surface area (Å²) in [5.41, 5.74) is 8.58. The molecule has 1 aromatic rings. The van der Waals surface area contributed by atoms with E-state index in [9.17, 15) is 0 Å². The van der Waals surface area contributed by atoms with Crippen LogP contribution in [0.15, 0.2) is 18.2 Å². The Morgan fingerprint density at radius 2 is 1.80 bits per heavy atom. The van der Waals surface area contributed by atoms with Crippen LogP contribution in [0.4, 0.5) is 5.69 Å². The molecule has 0 amide bonds. The Hall–Kier alpha value is -0.730. The van der Waals surface area contributed by atoms with Crippen molar-refractivity contribution in [2.24, 2.45) is 17.6 Å². The lowest BCUT2D eigenvalue weighted by Crippen LogP contribution is -2.30. The summed E-state index contributed by atoms with van der Waals surface area (Å²) in [5, 5.41) is 0.893. The average Bonchev–Trinajstić information content (AvgIpc) is 3.23. The van der Waals surface area contributed by atoms with Crippen LogP contribution in [0.25, 0.3) is 0 Å². The molecule has 0 radical (unpaired) electrons. The highest BCUT2D eigenvalue weighted by atomic mass is 35.5. The highest BCUT2D eigenvalue weighted by molar-refractivity contribution is 6.33. The third-order valence-corrected chi connectivity index (χ3v) is 4.58. The van der Waals surface area contributed by atoms with E-state index >= 15 is 0 Å². The van der Waals surface area contributed by atoms with E-state index in [2.05, 4.69) is 24.0 Å². The molecule has 110 valence electrons.